The largest absolute Gasteiger partial charge is 0.497 e. The van der Waals surface area contributed by atoms with Crippen molar-refractivity contribution in [3.63, 3.8) is 0 Å². The molecule has 0 heterocycles. The Hall–Kier alpha value is -3.85. The first kappa shape index (κ1) is 28.7. The van der Waals surface area contributed by atoms with Crippen molar-refractivity contribution in [3.05, 3.63) is 90.0 Å². The SMILES string of the molecule is CCNC(=O)[C@H](CC)N(Cc1ccccc1)C(=O)CN(c1ccc(OC)cc1)S(=O)(=O)c1ccc(C)cc1. The van der Waals surface area contributed by atoms with Crippen molar-refractivity contribution >= 4 is 27.5 Å². The molecule has 9 heteroatoms. The van der Waals surface area contributed by atoms with Crippen molar-refractivity contribution in [2.45, 2.75) is 44.7 Å². The van der Waals surface area contributed by atoms with E-state index in [1.807, 2.05) is 51.1 Å². The van der Waals surface area contributed by atoms with Gasteiger partial charge in [-0.2, -0.15) is 0 Å². The average molecular weight is 538 g/mol. The Morgan fingerprint density at radius 3 is 2.11 bits per heavy atom. The smallest absolute Gasteiger partial charge is 0.264 e. The van der Waals surface area contributed by atoms with Crippen LogP contribution in [0.15, 0.2) is 83.8 Å². The minimum atomic E-state index is -4.11. The summed E-state index contributed by atoms with van der Waals surface area (Å²) in [5.74, 6) is -0.212. The van der Waals surface area contributed by atoms with Gasteiger partial charge in [-0.25, -0.2) is 8.42 Å². The van der Waals surface area contributed by atoms with Crippen LogP contribution in [0.4, 0.5) is 5.69 Å². The summed E-state index contributed by atoms with van der Waals surface area (Å²) in [6, 6.07) is 21.5. The van der Waals surface area contributed by atoms with Crippen molar-refractivity contribution in [3.8, 4) is 5.75 Å². The summed E-state index contributed by atoms with van der Waals surface area (Å²) in [5, 5.41) is 2.80. The number of nitrogens with one attached hydrogen (secondary N) is 1. The number of ether oxygens (including phenoxy) is 1. The maximum Gasteiger partial charge on any atom is 0.264 e. The Balaban J connectivity index is 2.05. The number of methoxy groups -OCH3 is 1. The van der Waals surface area contributed by atoms with Gasteiger partial charge in [0.05, 0.1) is 17.7 Å². The highest BCUT2D eigenvalue weighted by molar-refractivity contribution is 7.92. The van der Waals surface area contributed by atoms with Crippen molar-refractivity contribution in [2.24, 2.45) is 0 Å². The molecule has 1 atom stereocenters. The molecule has 3 aromatic carbocycles. The number of amides is 2. The number of likely N-dealkylation sites (N-methyl/N-ethyl adjacent to an activating group) is 1. The van der Waals surface area contributed by atoms with Crippen LogP contribution in [0.5, 0.6) is 5.75 Å². The summed E-state index contributed by atoms with van der Waals surface area (Å²) in [5.41, 5.74) is 2.06. The Labute approximate surface area is 225 Å². The first-order valence-corrected chi connectivity index (χ1v) is 14.0. The molecule has 3 rings (SSSR count). The molecule has 38 heavy (non-hydrogen) atoms. The molecule has 0 saturated heterocycles. The van der Waals surface area contributed by atoms with E-state index >= 15 is 0 Å². The molecule has 0 spiro atoms. The third-order valence-electron chi connectivity index (χ3n) is 6.18. The van der Waals surface area contributed by atoms with E-state index in [4.69, 9.17) is 4.74 Å². The Bertz CT molecular complexity index is 1310. The molecule has 0 aliphatic rings. The molecule has 202 valence electrons. The fourth-order valence-electron chi connectivity index (χ4n) is 4.11. The van der Waals surface area contributed by atoms with E-state index in [0.717, 1.165) is 15.4 Å². The van der Waals surface area contributed by atoms with Gasteiger partial charge in [0.25, 0.3) is 10.0 Å². The highest BCUT2D eigenvalue weighted by Crippen LogP contribution is 2.27. The summed E-state index contributed by atoms with van der Waals surface area (Å²) in [7, 11) is -2.59. The minimum Gasteiger partial charge on any atom is -0.497 e. The van der Waals surface area contributed by atoms with Crippen LogP contribution in [0, 0.1) is 6.92 Å². The van der Waals surface area contributed by atoms with Crippen molar-refractivity contribution in [2.75, 3.05) is 24.5 Å². The predicted molar refractivity (Wildman–Crippen MR) is 148 cm³/mol. The van der Waals surface area contributed by atoms with Gasteiger partial charge in [0.15, 0.2) is 0 Å². The molecule has 0 unspecified atom stereocenters. The lowest BCUT2D eigenvalue weighted by molar-refractivity contribution is -0.140. The standard InChI is InChI=1S/C29H35N3O5S/c1-5-27(29(34)30-6-2)31(20-23-10-8-7-9-11-23)28(33)21-32(24-14-16-25(37-4)17-15-24)38(35,36)26-18-12-22(3)13-19-26/h7-19,27H,5-6,20-21H2,1-4H3,(H,30,34)/t27-/m0/s1. The zero-order valence-corrected chi connectivity index (χ0v) is 23.1. The number of hydrogen-bond acceptors (Lipinski definition) is 5. The number of anilines is 1. The molecule has 2 amide bonds. The molecule has 3 aromatic rings. The second kappa shape index (κ2) is 13.1. The summed E-state index contributed by atoms with van der Waals surface area (Å²) >= 11 is 0. The Morgan fingerprint density at radius 2 is 1.55 bits per heavy atom. The summed E-state index contributed by atoms with van der Waals surface area (Å²) in [4.78, 5) is 28.4. The average Bonchev–Trinajstić information content (AvgIpc) is 2.92. The quantitative estimate of drug-likeness (QED) is 0.375. The Kier molecular flexibility index (Phi) is 9.90. The molecular formula is C29H35N3O5S. The number of rotatable bonds is 12. The van der Waals surface area contributed by atoms with Crippen LogP contribution >= 0.6 is 0 Å². The van der Waals surface area contributed by atoms with E-state index in [9.17, 15) is 18.0 Å². The van der Waals surface area contributed by atoms with E-state index in [0.29, 0.717) is 24.4 Å². The van der Waals surface area contributed by atoms with Gasteiger partial charge >= 0.3 is 0 Å². The maximum absolute atomic E-state index is 13.9. The summed E-state index contributed by atoms with van der Waals surface area (Å²) in [6.45, 7) is 5.61. The lowest BCUT2D eigenvalue weighted by atomic mass is 10.1. The van der Waals surface area contributed by atoms with Crippen molar-refractivity contribution in [1.82, 2.24) is 10.2 Å². The van der Waals surface area contributed by atoms with Gasteiger partial charge in [-0.3, -0.25) is 13.9 Å². The molecular weight excluding hydrogens is 502 g/mol. The van der Waals surface area contributed by atoms with Crippen LogP contribution in [0.1, 0.15) is 31.4 Å². The highest BCUT2D eigenvalue weighted by Gasteiger charge is 2.33. The fraction of sp³-hybridized carbons (Fsp3) is 0.310. The molecule has 1 N–H and O–H groups in total. The third-order valence-corrected chi connectivity index (χ3v) is 7.97. The number of benzene rings is 3. The predicted octanol–water partition coefficient (Wildman–Crippen LogP) is 4.14. The van der Waals surface area contributed by atoms with Crippen LogP contribution in [-0.4, -0.2) is 51.4 Å². The van der Waals surface area contributed by atoms with Crippen LogP contribution in [0.3, 0.4) is 0 Å². The number of hydrogen-bond donors (Lipinski definition) is 1. The van der Waals surface area contributed by atoms with Crippen LogP contribution in [0.2, 0.25) is 0 Å². The first-order valence-electron chi connectivity index (χ1n) is 12.6. The van der Waals surface area contributed by atoms with Gasteiger partial charge in [-0.1, -0.05) is 55.0 Å². The number of nitrogens with zero attached hydrogens (tertiary/aromatic N) is 2. The number of sulfonamides is 1. The van der Waals surface area contributed by atoms with E-state index in [-0.39, 0.29) is 17.3 Å². The van der Waals surface area contributed by atoms with Gasteiger partial charge in [-0.15, -0.1) is 0 Å². The minimum absolute atomic E-state index is 0.0668. The van der Waals surface area contributed by atoms with Crippen LogP contribution < -0.4 is 14.4 Å². The van der Waals surface area contributed by atoms with Crippen molar-refractivity contribution < 1.29 is 22.7 Å². The lowest BCUT2D eigenvalue weighted by Gasteiger charge is -2.33. The topological polar surface area (TPSA) is 96.0 Å². The third kappa shape index (κ3) is 6.92. The van der Waals surface area contributed by atoms with Gasteiger partial charge in [0, 0.05) is 13.1 Å². The van der Waals surface area contributed by atoms with E-state index < -0.39 is 28.5 Å². The lowest BCUT2D eigenvalue weighted by Crippen LogP contribution is -2.52. The van der Waals surface area contributed by atoms with E-state index in [2.05, 4.69) is 5.32 Å². The van der Waals surface area contributed by atoms with Crippen molar-refractivity contribution in [1.29, 1.82) is 0 Å². The number of carbonyl (C=O) groups is 2. The zero-order valence-electron chi connectivity index (χ0n) is 22.3. The second-order valence-electron chi connectivity index (χ2n) is 8.85. The number of carbonyl (C=O) groups excluding carboxylic acids is 2. The molecule has 0 fully saturated rings. The van der Waals surface area contributed by atoms with Gasteiger partial charge in [-0.05, 0) is 62.2 Å². The normalized spacial score (nSPS) is 11.9. The first-order chi connectivity index (χ1) is 18.2. The van der Waals surface area contributed by atoms with Gasteiger partial charge in [0.1, 0.15) is 18.3 Å². The second-order valence-corrected chi connectivity index (χ2v) is 10.7. The summed E-state index contributed by atoms with van der Waals surface area (Å²) in [6.07, 6.45) is 0.373. The van der Waals surface area contributed by atoms with Gasteiger partial charge in [0.2, 0.25) is 11.8 Å². The molecule has 0 saturated carbocycles. The molecule has 0 aromatic heterocycles. The van der Waals surface area contributed by atoms with Crippen LogP contribution in [-0.2, 0) is 26.2 Å². The fourth-order valence-corrected chi connectivity index (χ4v) is 5.52. The van der Waals surface area contributed by atoms with Crippen LogP contribution in [0.25, 0.3) is 0 Å². The monoisotopic (exact) mass is 537 g/mol. The zero-order chi connectivity index (χ0) is 27.7. The van der Waals surface area contributed by atoms with Gasteiger partial charge < -0.3 is 15.0 Å². The summed E-state index contributed by atoms with van der Waals surface area (Å²) < 4.78 is 34.0. The Morgan fingerprint density at radius 1 is 0.921 bits per heavy atom. The highest BCUT2D eigenvalue weighted by atomic mass is 32.2. The molecule has 8 nitrogen and oxygen atoms in total. The molecule has 0 bridgehead atoms. The molecule has 0 radical (unpaired) electrons. The van der Waals surface area contributed by atoms with E-state index in [1.165, 1.54) is 24.1 Å². The maximum atomic E-state index is 13.9. The molecule has 0 aliphatic heterocycles. The molecule has 0 aliphatic carbocycles. The van der Waals surface area contributed by atoms with E-state index in [1.54, 1.807) is 36.4 Å². The number of aryl methyl sites for hydroxylation is 1.